The number of benzene rings is 4. The minimum Gasteiger partial charge on any atom is -0.456 e. The fourth-order valence-electron chi connectivity index (χ4n) is 4.07. The summed E-state index contributed by atoms with van der Waals surface area (Å²) in [5.74, 6) is 0. The lowest BCUT2D eigenvalue weighted by atomic mass is 9.96. The predicted molar refractivity (Wildman–Crippen MR) is 112 cm³/mol. The van der Waals surface area contributed by atoms with Gasteiger partial charge in [-0.1, -0.05) is 66.7 Å². The maximum atomic E-state index is 6.13. The van der Waals surface area contributed by atoms with Crippen LogP contribution in [0.5, 0.6) is 0 Å². The predicted octanol–water partition coefficient (Wildman–Crippen LogP) is 6.95. The van der Waals surface area contributed by atoms with E-state index in [0.29, 0.717) is 0 Å². The number of aromatic nitrogens is 1. The van der Waals surface area contributed by atoms with Crippen LogP contribution in [-0.4, -0.2) is 4.98 Å². The lowest BCUT2D eigenvalue weighted by Crippen LogP contribution is -1.90. The number of hydrogen-bond donors (Lipinski definition) is 0. The zero-order chi connectivity index (χ0) is 17.8. The van der Waals surface area contributed by atoms with E-state index in [1.165, 1.54) is 10.8 Å². The molecule has 6 aromatic rings. The summed E-state index contributed by atoms with van der Waals surface area (Å²) in [6, 6.07) is 31.2. The standard InChI is InChI=1S/C25H15NO/c1-2-8-16(9-3-1)25-19-14-15-22-24(18-11-5-7-13-21(18)27-22)23(19)17-10-4-6-12-20(17)26-25/h1-15H. The number of fused-ring (bicyclic) bond motifs is 7. The first kappa shape index (κ1) is 14.5. The number of rotatable bonds is 1. The lowest BCUT2D eigenvalue weighted by Gasteiger charge is -2.11. The van der Waals surface area contributed by atoms with Crippen molar-refractivity contribution >= 4 is 43.6 Å². The van der Waals surface area contributed by atoms with Gasteiger partial charge in [-0.2, -0.15) is 0 Å². The Morgan fingerprint density at radius 2 is 1.26 bits per heavy atom. The molecule has 0 fully saturated rings. The Balaban J connectivity index is 1.92. The zero-order valence-corrected chi connectivity index (χ0v) is 14.5. The van der Waals surface area contributed by atoms with Crippen LogP contribution in [0, 0.1) is 0 Å². The highest BCUT2D eigenvalue weighted by atomic mass is 16.3. The lowest BCUT2D eigenvalue weighted by molar-refractivity contribution is 0.669. The molecule has 0 atom stereocenters. The van der Waals surface area contributed by atoms with Crippen molar-refractivity contribution in [3.05, 3.63) is 91.0 Å². The molecular formula is C25H15NO. The van der Waals surface area contributed by atoms with Gasteiger partial charge in [0.25, 0.3) is 0 Å². The number of para-hydroxylation sites is 2. The summed E-state index contributed by atoms with van der Waals surface area (Å²) >= 11 is 0. The highest BCUT2D eigenvalue weighted by Gasteiger charge is 2.16. The van der Waals surface area contributed by atoms with Gasteiger partial charge in [0.05, 0.1) is 11.2 Å². The molecule has 6 rings (SSSR count). The van der Waals surface area contributed by atoms with Crippen molar-refractivity contribution < 1.29 is 4.42 Å². The second kappa shape index (κ2) is 5.42. The van der Waals surface area contributed by atoms with Crippen molar-refractivity contribution in [2.45, 2.75) is 0 Å². The topological polar surface area (TPSA) is 26.0 Å². The Labute approximate surface area is 155 Å². The van der Waals surface area contributed by atoms with Crippen LogP contribution >= 0.6 is 0 Å². The van der Waals surface area contributed by atoms with E-state index in [0.717, 1.165) is 44.1 Å². The van der Waals surface area contributed by atoms with Gasteiger partial charge in [-0.05, 0) is 24.3 Å². The van der Waals surface area contributed by atoms with E-state index in [1.807, 2.05) is 24.3 Å². The molecule has 27 heavy (non-hydrogen) atoms. The summed E-state index contributed by atoms with van der Waals surface area (Å²) in [5.41, 5.74) is 4.97. The molecule has 0 saturated carbocycles. The summed E-state index contributed by atoms with van der Waals surface area (Å²) < 4.78 is 6.13. The maximum absolute atomic E-state index is 6.13. The summed E-state index contributed by atoms with van der Waals surface area (Å²) in [4.78, 5) is 5.01. The average molecular weight is 345 g/mol. The summed E-state index contributed by atoms with van der Waals surface area (Å²) in [5, 5.41) is 5.83. The molecule has 2 nitrogen and oxygen atoms in total. The quantitative estimate of drug-likeness (QED) is 0.301. The average Bonchev–Trinajstić information content (AvgIpc) is 3.12. The molecular weight excluding hydrogens is 330 g/mol. The van der Waals surface area contributed by atoms with E-state index in [4.69, 9.17) is 9.40 Å². The third-order valence-electron chi connectivity index (χ3n) is 5.25. The monoisotopic (exact) mass is 345 g/mol. The molecule has 126 valence electrons. The van der Waals surface area contributed by atoms with E-state index < -0.39 is 0 Å². The van der Waals surface area contributed by atoms with Crippen molar-refractivity contribution in [2.24, 2.45) is 0 Å². The maximum Gasteiger partial charge on any atom is 0.136 e. The SMILES string of the molecule is c1ccc(-c2nc3ccccc3c3c2ccc2oc4ccccc4c23)cc1. The minimum absolute atomic E-state index is 0.916. The number of nitrogens with zero attached hydrogens (tertiary/aromatic N) is 1. The molecule has 0 radical (unpaired) electrons. The highest BCUT2D eigenvalue weighted by Crippen LogP contribution is 2.40. The van der Waals surface area contributed by atoms with Crippen LogP contribution in [0.25, 0.3) is 54.9 Å². The molecule has 0 bridgehead atoms. The van der Waals surface area contributed by atoms with Crippen LogP contribution in [0.15, 0.2) is 95.4 Å². The second-order valence-corrected chi connectivity index (χ2v) is 6.80. The van der Waals surface area contributed by atoms with E-state index in [2.05, 4.69) is 66.7 Å². The van der Waals surface area contributed by atoms with Gasteiger partial charge in [-0.25, -0.2) is 4.98 Å². The molecule has 0 aliphatic rings. The Kier molecular flexibility index (Phi) is 2.91. The molecule has 0 N–H and O–H groups in total. The van der Waals surface area contributed by atoms with Crippen molar-refractivity contribution in [2.75, 3.05) is 0 Å². The summed E-state index contributed by atoms with van der Waals surface area (Å²) in [7, 11) is 0. The summed E-state index contributed by atoms with van der Waals surface area (Å²) in [6.45, 7) is 0. The minimum atomic E-state index is 0.916. The normalized spacial score (nSPS) is 11.7. The van der Waals surface area contributed by atoms with Crippen LogP contribution in [-0.2, 0) is 0 Å². The molecule has 2 heteroatoms. The fourth-order valence-corrected chi connectivity index (χ4v) is 4.07. The van der Waals surface area contributed by atoms with Gasteiger partial charge < -0.3 is 4.42 Å². The van der Waals surface area contributed by atoms with Crippen molar-refractivity contribution in [3.8, 4) is 11.3 Å². The van der Waals surface area contributed by atoms with Crippen molar-refractivity contribution in [1.29, 1.82) is 0 Å². The summed E-state index contributed by atoms with van der Waals surface area (Å²) in [6.07, 6.45) is 0. The zero-order valence-electron chi connectivity index (χ0n) is 14.5. The molecule has 4 aromatic carbocycles. The molecule has 0 spiro atoms. The van der Waals surface area contributed by atoms with Gasteiger partial charge in [0.15, 0.2) is 0 Å². The third kappa shape index (κ3) is 2.04. The first-order chi connectivity index (χ1) is 13.4. The molecule has 0 unspecified atom stereocenters. The highest BCUT2D eigenvalue weighted by molar-refractivity contribution is 6.28. The molecule has 0 amide bonds. The molecule has 0 aliphatic carbocycles. The second-order valence-electron chi connectivity index (χ2n) is 6.80. The Morgan fingerprint density at radius 3 is 2.15 bits per heavy atom. The Hall–Kier alpha value is -3.65. The van der Waals surface area contributed by atoms with Gasteiger partial charge >= 0.3 is 0 Å². The van der Waals surface area contributed by atoms with Crippen LogP contribution in [0.3, 0.4) is 0 Å². The Morgan fingerprint density at radius 1 is 0.519 bits per heavy atom. The smallest absolute Gasteiger partial charge is 0.136 e. The fraction of sp³-hybridized carbons (Fsp3) is 0. The first-order valence-corrected chi connectivity index (χ1v) is 9.08. The largest absolute Gasteiger partial charge is 0.456 e. The molecule has 0 aliphatic heterocycles. The van der Waals surface area contributed by atoms with Gasteiger partial charge in [0, 0.05) is 32.5 Å². The van der Waals surface area contributed by atoms with E-state index in [-0.39, 0.29) is 0 Å². The van der Waals surface area contributed by atoms with Crippen molar-refractivity contribution in [3.63, 3.8) is 0 Å². The first-order valence-electron chi connectivity index (χ1n) is 9.08. The Bertz CT molecular complexity index is 1460. The van der Waals surface area contributed by atoms with Crippen LogP contribution in [0.1, 0.15) is 0 Å². The number of pyridine rings is 1. The molecule has 0 saturated heterocycles. The van der Waals surface area contributed by atoms with E-state index in [9.17, 15) is 0 Å². The third-order valence-corrected chi connectivity index (χ3v) is 5.25. The van der Waals surface area contributed by atoms with Crippen LogP contribution < -0.4 is 0 Å². The number of furan rings is 1. The van der Waals surface area contributed by atoms with Crippen LogP contribution in [0.2, 0.25) is 0 Å². The van der Waals surface area contributed by atoms with Gasteiger partial charge in [0.1, 0.15) is 11.2 Å². The number of hydrogen-bond acceptors (Lipinski definition) is 2. The van der Waals surface area contributed by atoms with E-state index >= 15 is 0 Å². The van der Waals surface area contributed by atoms with Gasteiger partial charge in [-0.3, -0.25) is 0 Å². The van der Waals surface area contributed by atoms with Crippen LogP contribution in [0.4, 0.5) is 0 Å². The van der Waals surface area contributed by atoms with E-state index in [1.54, 1.807) is 0 Å². The molecule has 2 aromatic heterocycles. The van der Waals surface area contributed by atoms with Crippen molar-refractivity contribution in [1.82, 2.24) is 4.98 Å². The molecule has 2 heterocycles. The van der Waals surface area contributed by atoms with Gasteiger partial charge in [0.2, 0.25) is 0 Å². The van der Waals surface area contributed by atoms with Gasteiger partial charge in [-0.15, -0.1) is 0 Å².